The van der Waals surface area contributed by atoms with E-state index in [0.717, 1.165) is 17.9 Å². The smallest absolute Gasteiger partial charge is 0.161 e. The van der Waals surface area contributed by atoms with E-state index in [2.05, 4.69) is 15.9 Å². The highest BCUT2D eigenvalue weighted by atomic mass is 79.9. The van der Waals surface area contributed by atoms with E-state index < -0.39 is 17.5 Å². The fraction of sp³-hybridized carbons (Fsp3) is 0.600. The summed E-state index contributed by atoms with van der Waals surface area (Å²) in [6.07, 6.45) is 3.91. The summed E-state index contributed by atoms with van der Waals surface area (Å²) in [5.74, 6) is 0.614. The summed E-state index contributed by atoms with van der Waals surface area (Å²) in [5.41, 5.74) is 0.276. The third-order valence-electron chi connectivity index (χ3n) is 5.47. The third-order valence-corrected chi connectivity index (χ3v) is 6.57. The molecule has 0 amide bonds. The van der Waals surface area contributed by atoms with E-state index in [-0.39, 0.29) is 10.4 Å². The predicted octanol–water partition coefficient (Wildman–Crippen LogP) is 4.83. The summed E-state index contributed by atoms with van der Waals surface area (Å²) >= 11 is 3.53. The summed E-state index contributed by atoms with van der Waals surface area (Å²) < 4.78 is 40.1. The highest BCUT2D eigenvalue weighted by Crippen LogP contribution is 2.73. The molecule has 3 saturated carbocycles. The molecule has 0 N–H and O–H groups in total. The number of benzene rings is 1. The molecule has 4 rings (SSSR count). The first kappa shape index (κ1) is 12.2. The maximum atomic E-state index is 13.8. The molecule has 3 aliphatic carbocycles. The fourth-order valence-corrected chi connectivity index (χ4v) is 5.80. The van der Waals surface area contributed by atoms with Gasteiger partial charge in [-0.1, -0.05) is 15.9 Å². The molecular formula is C15H14BrF3. The first-order valence-corrected chi connectivity index (χ1v) is 7.78. The van der Waals surface area contributed by atoms with Gasteiger partial charge in [0.1, 0.15) is 5.82 Å². The van der Waals surface area contributed by atoms with Crippen LogP contribution in [0.1, 0.15) is 29.7 Å². The lowest BCUT2D eigenvalue weighted by Crippen LogP contribution is -2.06. The van der Waals surface area contributed by atoms with E-state index in [4.69, 9.17) is 0 Å². The number of alkyl halides is 1. The Morgan fingerprint density at radius 2 is 1.53 bits per heavy atom. The van der Waals surface area contributed by atoms with Gasteiger partial charge in [-0.2, -0.15) is 0 Å². The molecule has 4 heteroatoms. The van der Waals surface area contributed by atoms with Crippen molar-refractivity contribution in [3.05, 3.63) is 35.1 Å². The van der Waals surface area contributed by atoms with Crippen molar-refractivity contribution in [2.24, 2.45) is 29.6 Å². The maximum Gasteiger partial charge on any atom is 0.161 e. The van der Waals surface area contributed by atoms with Crippen molar-refractivity contribution in [3.8, 4) is 0 Å². The van der Waals surface area contributed by atoms with E-state index in [1.165, 1.54) is 19.3 Å². The van der Waals surface area contributed by atoms with Crippen LogP contribution in [0.5, 0.6) is 0 Å². The number of hydrogen-bond acceptors (Lipinski definition) is 0. The van der Waals surface area contributed by atoms with Crippen LogP contribution in [0, 0.1) is 47.0 Å². The Kier molecular flexibility index (Phi) is 2.58. The lowest BCUT2D eigenvalue weighted by Gasteiger charge is -2.16. The molecule has 3 fully saturated rings. The zero-order valence-electron chi connectivity index (χ0n) is 10.3. The number of halogens is 4. The second-order valence-electron chi connectivity index (χ2n) is 6.25. The maximum absolute atomic E-state index is 13.8. The standard InChI is InChI=1S/C15H14BrF3/c16-15(8-4-10(18)11(19)5-9(8)17)14-12-6-1-2-7(3-6)13(12)14/h4-7,12-15H,1-3H2. The molecule has 0 aromatic heterocycles. The van der Waals surface area contributed by atoms with Crippen LogP contribution in [-0.2, 0) is 0 Å². The second kappa shape index (κ2) is 4.00. The first-order valence-electron chi connectivity index (χ1n) is 6.86. The molecule has 1 aromatic carbocycles. The van der Waals surface area contributed by atoms with Crippen molar-refractivity contribution in [2.45, 2.75) is 24.1 Å². The normalized spacial score (nSPS) is 40.3. The number of fused-ring (bicyclic) bond motifs is 5. The Morgan fingerprint density at radius 1 is 0.947 bits per heavy atom. The van der Waals surface area contributed by atoms with Crippen LogP contribution >= 0.6 is 15.9 Å². The Hall–Kier alpha value is -0.510. The van der Waals surface area contributed by atoms with Gasteiger partial charge in [0.25, 0.3) is 0 Å². The lowest BCUT2D eigenvalue weighted by molar-refractivity contribution is 0.448. The minimum atomic E-state index is -1.11. The molecule has 102 valence electrons. The van der Waals surface area contributed by atoms with Crippen LogP contribution in [0.15, 0.2) is 12.1 Å². The third kappa shape index (κ3) is 1.65. The van der Waals surface area contributed by atoms with E-state index >= 15 is 0 Å². The minimum Gasteiger partial charge on any atom is -0.207 e. The van der Waals surface area contributed by atoms with Gasteiger partial charge in [0.15, 0.2) is 11.6 Å². The largest absolute Gasteiger partial charge is 0.207 e. The van der Waals surface area contributed by atoms with Gasteiger partial charge in [-0.05, 0) is 54.9 Å². The molecule has 3 aliphatic rings. The van der Waals surface area contributed by atoms with Crippen LogP contribution in [0.3, 0.4) is 0 Å². The molecule has 0 heterocycles. The first-order chi connectivity index (χ1) is 9.08. The summed E-state index contributed by atoms with van der Waals surface area (Å²) in [6, 6.07) is 1.67. The SMILES string of the molecule is Fc1cc(F)c(C(Br)C2C3C4CCC(C4)C32)cc1F. The van der Waals surface area contributed by atoms with E-state index in [1.807, 2.05) is 0 Å². The molecule has 19 heavy (non-hydrogen) atoms. The van der Waals surface area contributed by atoms with Crippen LogP contribution in [-0.4, -0.2) is 0 Å². The van der Waals surface area contributed by atoms with Gasteiger partial charge in [0.2, 0.25) is 0 Å². The van der Waals surface area contributed by atoms with Gasteiger partial charge < -0.3 is 0 Å². The summed E-state index contributed by atoms with van der Waals surface area (Å²) in [6.45, 7) is 0. The van der Waals surface area contributed by atoms with E-state index in [1.54, 1.807) is 0 Å². The Labute approximate surface area is 118 Å². The van der Waals surface area contributed by atoms with Gasteiger partial charge in [-0.25, -0.2) is 13.2 Å². The summed E-state index contributed by atoms with van der Waals surface area (Å²) in [5, 5.41) is 0. The molecule has 0 aliphatic heterocycles. The van der Waals surface area contributed by atoms with Gasteiger partial charge in [0.05, 0.1) is 0 Å². The van der Waals surface area contributed by atoms with Crippen LogP contribution in [0.2, 0.25) is 0 Å². The van der Waals surface area contributed by atoms with Crippen LogP contribution in [0.25, 0.3) is 0 Å². The molecule has 2 bridgehead atoms. The molecule has 5 atom stereocenters. The van der Waals surface area contributed by atoms with Crippen molar-refractivity contribution < 1.29 is 13.2 Å². The zero-order chi connectivity index (χ0) is 13.3. The van der Waals surface area contributed by atoms with Gasteiger partial charge >= 0.3 is 0 Å². The average Bonchev–Trinajstić information content (AvgIpc) is 2.81. The van der Waals surface area contributed by atoms with E-state index in [0.29, 0.717) is 23.8 Å². The number of rotatable bonds is 2. The highest BCUT2D eigenvalue weighted by molar-refractivity contribution is 9.09. The van der Waals surface area contributed by atoms with Crippen molar-refractivity contribution in [1.82, 2.24) is 0 Å². The van der Waals surface area contributed by atoms with Gasteiger partial charge in [0, 0.05) is 16.5 Å². The molecule has 0 nitrogen and oxygen atoms in total. The van der Waals surface area contributed by atoms with Crippen molar-refractivity contribution in [2.75, 3.05) is 0 Å². The summed E-state index contributed by atoms with van der Waals surface area (Å²) in [4.78, 5) is -0.180. The van der Waals surface area contributed by atoms with Gasteiger partial charge in [-0.3, -0.25) is 0 Å². The second-order valence-corrected chi connectivity index (χ2v) is 7.24. The minimum absolute atomic E-state index is 0.180. The van der Waals surface area contributed by atoms with Crippen LogP contribution in [0.4, 0.5) is 13.2 Å². The van der Waals surface area contributed by atoms with E-state index in [9.17, 15) is 13.2 Å². The van der Waals surface area contributed by atoms with Crippen molar-refractivity contribution in [1.29, 1.82) is 0 Å². The monoisotopic (exact) mass is 330 g/mol. The Bertz CT molecular complexity index is 528. The quantitative estimate of drug-likeness (QED) is 0.538. The van der Waals surface area contributed by atoms with Crippen LogP contribution < -0.4 is 0 Å². The highest BCUT2D eigenvalue weighted by Gasteiger charge is 2.66. The fourth-order valence-electron chi connectivity index (χ4n) is 4.74. The van der Waals surface area contributed by atoms with Gasteiger partial charge in [-0.15, -0.1) is 0 Å². The van der Waals surface area contributed by atoms with Crippen molar-refractivity contribution >= 4 is 15.9 Å². The summed E-state index contributed by atoms with van der Waals surface area (Å²) in [7, 11) is 0. The molecular weight excluding hydrogens is 317 g/mol. The molecule has 0 radical (unpaired) electrons. The van der Waals surface area contributed by atoms with Crippen molar-refractivity contribution in [3.63, 3.8) is 0 Å². The Balaban J connectivity index is 1.62. The zero-order valence-corrected chi connectivity index (χ0v) is 11.8. The average molecular weight is 331 g/mol. The predicted molar refractivity (Wildman–Crippen MR) is 69.3 cm³/mol. The molecule has 5 unspecified atom stereocenters. The topological polar surface area (TPSA) is 0 Å². The molecule has 0 spiro atoms. The Morgan fingerprint density at radius 3 is 2.16 bits per heavy atom. The lowest BCUT2D eigenvalue weighted by atomic mass is 9.97. The molecule has 0 saturated heterocycles. The molecule has 1 aromatic rings. The number of hydrogen-bond donors (Lipinski definition) is 0.